The van der Waals surface area contributed by atoms with Crippen LogP contribution in [-0.2, 0) is 11.3 Å². The van der Waals surface area contributed by atoms with Gasteiger partial charge in [-0.25, -0.2) is 4.79 Å². The molecule has 0 aliphatic heterocycles. The quantitative estimate of drug-likeness (QED) is 0.852. The molecule has 0 aliphatic rings. The topological polar surface area (TPSA) is 50.4 Å². The number of hydrogen-bond donors (Lipinski definition) is 2. The minimum absolute atomic E-state index is 0.471. The number of hydrogen-bond acceptors (Lipinski definition) is 3. The number of carbonyl (C=O) groups excluding carboxylic acids is 1. The van der Waals surface area contributed by atoms with Crippen LogP contribution in [0.25, 0.3) is 0 Å². The van der Waals surface area contributed by atoms with Gasteiger partial charge in [0.25, 0.3) is 0 Å². The number of halogens is 1. The Morgan fingerprint density at radius 1 is 1.14 bits per heavy atom. The molecular formula is C16H17BrN2O2. The molecule has 0 atom stereocenters. The van der Waals surface area contributed by atoms with Crippen molar-refractivity contribution in [2.24, 2.45) is 0 Å². The summed E-state index contributed by atoms with van der Waals surface area (Å²) in [6.07, 6.45) is -0.471. The molecule has 0 spiro atoms. The summed E-state index contributed by atoms with van der Waals surface area (Å²) >= 11 is 3.49. The highest BCUT2D eigenvalue weighted by Gasteiger charge is 2.01. The molecule has 5 heteroatoms. The minimum Gasteiger partial charge on any atom is -0.453 e. The molecule has 4 nitrogen and oxygen atoms in total. The number of aryl methyl sites for hydroxylation is 1. The van der Waals surface area contributed by atoms with E-state index < -0.39 is 6.09 Å². The lowest BCUT2D eigenvalue weighted by molar-refractivity contribution is 0.187. The predicted octanol–water partition coefficient (Wildman–Crippen LogP) is 4.55. The Morgan fingerprint density at radius 2 is 1.81 bits per heavy atom. The summed E-state index contributed by atoms with van der Waals surface area (Å²) in [6.45, 7) is 2.82. The molecule has 0 aromatic heterocycles. The molecule has 0 radical (unpaired) electrons. The highest BCUT2D eigenvalue weighted by atomic mass is 79.9. The van der Waals surface area contributed by atoms with Gasteiger partial charge in [0.2, 0.25) is 0 Å². The van der Waals surface area contributed by atoms with Crippen molar-refractivity contribution in [2.45, 2.75) is 13.5 Å². The van der Waals surface area contributed by atoms with Crippen molar-refractivity contribution in [1.29, 1.82) is 0 Å². The van der Waals surface area contributed by atoms with Gasteiger partial charge in [-0.05, 0) is 48.4 Å². The van der Waals surface area contributed by atoms with Gasteiger partial charge in [-0.2, -0.15) is 0 Å². The van der Waals surface area contributed by atoms with Gasteiger partial charge in [0.15, 0.2) is 0 Å². The second kappa shape index (κ2) is 7.13. The third-order valence-electron chi connectivity index (χ3n) is 3.04. The maximum Gasteiger partial charge on any atom is 0.411 e. The molecular weight excluding hydrogens is 332 g/mol. The van der Waals surface area contributed by atoms with E-state index in [0.717, 1.165) is 16.7 Å². The molecule has 0 aliphatic carbocycles. The Bertz CT molecular complexity index is 627. The molecule has 2 aromatic carbocycles. The number of benzene rings is 2. The molecule has 21 heavy (non-hydrogen) atoms. The van der Waals surface area contributed by atoms with E-state index in [0.29, 0.717) is 5.69 Å². The van der Waals surface area contributed by atoms with E-state index in [-0.39, 0.29) is 0 Å². The number of methoxy groups -OCH3 is 1. The van der Waals surface area contributed by atoms with Crippen LogP contribution in [0, 0.1) is 6.92 Å². The predicted molar refractivity (Wildman–Crippen MR) is 88.7 cm³/mol. The van der Waals surface area contributed by atoms with Gasteiger partial charge in [-0.1, -0.05) is 28.1 Å². The Hall–Kier alpha value is -2.01. The average molecular weight is 349 g/mol. The molecule has 0 saturated heterocycles. The zero-order chi connectivity index (χ0) is 15.2. The number of rotatable bonds is 4. The van der Waals surface area contributed by atoms with E-state index in [1.165, 1.54) is 18.2 Å². The van der Waals surface area contributed by atoms with Crippen LogP contribution >= 0.6 is 15.9 Å². The molecule has 0 bridgehead atoms. The van der Waals surface area contributed by atoms with Gasteiger partial charge in [0.05, 0.1) is 7.11 Å². The summed E-state index contributed by atoms with van der Waals surface area (Å²) in [6, 6.07) is 13.8. The van der Waals surface area contributed by atoms with Crippen LogP contribution in [-0.4, -0.2) is 13.2 Å². The third kappa shape index (κ3) is 4.49. The largest absolute Gasteiger partial charge is 0.453 e. The second-order valence-electron chi connectivity index (χ2n) is 4.63. The van der Waals surface area contributed by atoms with Crippen LogP contribution in [0.1, 0.15) is 11.1 Å². The second-order valence-corrected chi connectivity index (χ2v) is 5.49. The summed E-state index contributed by atoms with van der Waals surface area (Å²) < 4.78 is 5.66. The Balaban J connectivity index is 1.94. The van der Waals surface area contributed by atoms with Crippen molar-refractivity contribution in [2.75, 3.05) is 17.7 Å². The molecule has 1 amide bonds. The number of ether oxygens (including phenoxy) is 1. The molecule has 2 rings (SSSR count). The van der Waals surface area contributed by atoms with Gasteiger partial charge in [-0.15, -0.1) is 0 Å². The number of amides is 1. The fraction of sp³-hybridized carbons (Fsp3) is 0.188. The van der Waals surface area contributed by atoms with Crippen molar-refractivity contribution in [1.82, 2.24) is 0 Å². The Morgan fingerprint density at radius 3 is 2.43 bits per heavy atom. The monoisotopic (exact) mass is 348 g/mol. The van der Waals surface area contributed by atoms with Crippen molar-refractivity contribution >= 4 is 33.4 Å². The lowest BCUT2D eigenvalue weighted by atomic mass is 10.1. The Labute approximate surface area is 132 Å². The molecule has 0 saturated carbocycles. The van der Waals surface area contributed by atoms with Crippen LogP contribution in [0.5, 0.6) is 0 Å². The van der Waals surface area contributed by atoms with Gasteiger partial charge < -0.3 is 10.1 Å². The SMILES string of the molecule is COC(=O)Nc1ccc(NCc2ccc(Br)c(C)c2)cc1. The van der Waals surface area contributed by atoms with E-state index in [9.17, 15) is 4.79 Å². The first-order chi connectivity index (χ1) is 10.1. The van der Waals surface area contributed by atoms with E-state index in [4.69, 9.17) is 0 Å². The molecule has 110 valence electrons. The summed E-state index contributed by atoms with van der Waals surface area (Å²) in [4.78, 5) is 11.1. The standard InChI is InChI=1S/C16H17BrN2O2/c1-11-9-12(3-8-15(11)17)10-18-13-4-6-14(7-5-13)19-16(20)21-2/h3-9,18H,10H2,1-2H3,(H,19,20). The summed E-state index contributed by atoms with van der Waals surface area (Å²) in [5.41, 5.74) is 4.12. The lowest BCUT2D eigenvalue weighted by Gasteiger charge is -2.09. The van der Waals surface area contributed by atoms with E-state index in [1.54, 1.807) is 0 Å². The number of nitrogens with one attached hydrogen (secondary N) is 2. The summed E-state index contributed by atoms with van der Waals surface area (Å²) in [7, 11) is 1.34. The molecule has 0 fully saturated rings. The molecule has 2 aromatic rings. The third-order valence-corrected chi connectivity index (χ3v) is 3.93. The normalized spacial score (nSPS) is 10.0. The average Bonchev–Trinajstić information content (AvgIpc) is 2.50. The first-order valence-electron chi connectivity index (χ1n) is 6.52. The van der Waals surface area contributed by atoms with Crippen LogP contribution in [0.15, 0.2) is 46.9 Å². The van der Waals surface area contributed by atoms with Gasteiger partial charge in [0, 0.05) is 22.4 Å². The molecule has 0 unspecified atom stereocenters. The number of carbonyl (C=O) groups is 1. The maximum atomic E-state index is 11.1. The zero-order valence-corrected chi connectivity index (χ0v) is 13.5. The Kier molecular flexibility index (Phi) is 5.22. The first kappa shape index (κ1) is 15.4. The smallest absolute Gasteiger partial charge is 0.411 e. The van der Waals surface area contributed by atoms with Crippen LogP contribution in [0.2, 0.25) is 0 Å². The van der Waals surface area contributed by atoms with Crippen molar-refractivity contribution in [3.05, 3.63) is 58.1 Å². The maximum absolute atomic E-state index is 11.1. The van der Waals surface area contributed by atoms with Crippen molar-refractivity contribution < 1.29 is 9.53 Å². The highest BCUT2D eigenvalue weighted by molar-refractivity contribution is 9.10. The number of anilines is 2. The van der Waals surface area contributed by atoms with Crippen molar-refractivity contribution in [3.63, 3.8) is 0 Å². The van der Waals surface area contributed by atoms with E-state index in [1.807, 2.05) is 24.3 Å². The minimum atomic E-state index is -0.471. The fourth-order valence-corrected chi connectivity index (χ4v) is 2.11. The van der Waals surface area contributed by atoms with Crippen molar-refractivity contribution in [3.8, 4) is 0 Å². The lowest BCUT2D eigenvalue weighted by Crippen LogP contribution is -2.10. The van der Waals surface area contributed by atoms with Gasteiger partial charge in [-0.3, -0.25) is 5.32 Å². The highest BCUT2D eigenvalue weighted by Crippen LogP contribution is 2.19. The van der Waals surface area contributed by atoms with Gasteiger partial charge >= 0.3 is 6.09 Å². The van der Waals surface area contributed by atoms with Crippen LogP contribution in [0.4, 0.5) is 16.2 Å². The fourth-order valence-electron chi connectivity index (χ4n) is 1.86. The van der Waals surface area contributed by atoms with Crippen LogP contribution < -0.4 is 10.6 Å². The van der Waals surface area contributed by atoms with E-state index >= 15 is 0 Å². The summed E-state index contributed by atoms with van der Waals surface area (Å²) in [5.74, 6) is 0. The van der Waals surface area contributed by atoms with E-state index in [2.05, 4.69) is 56.4 Å². The van der Waals surface area contributed by atoms with Gasteiger partial charge in [0.1, 0.15) is 0 Å². The first-order valence-corrected chi connectivity index (χ1v) is 7.31. The zero-order valence-electron chi connectivity index (χ0n) is 11.9. The van der Waals surface area contributed by atoms with Crippen LogP contribution in [0.3, 0.4) is 0 Å². The molecule has 2 N–H and O–H groups in total. The summed E-state index contributed by atoms with van der Waals surface area (Å²) in [5, 5.41) is 5.96. The molecule has 0 heterocycles.